The van der Waals surface area contributed by atoms with E-state index in [-0.39, 0.29) is 19.5 Å². The summed E-state index contributed by atoms with van der Waals surface area (Å²) in [5.74, 6) is -1.23. The molecule has 0 saturated carbocycles. The summed E-state index contributed by atoms with van der Waals surface area (Å²) in [7, 11) is -3.90. The second kappa shape index (κ2) is 6.15. The van der Waals surface area contributed by atoms with Gasteiger partial charge in [-0.2, -0.15) is 17.4 Å². The third-order valence-corrected chi connectivity index (χ3v) is 5.28. The molecule has 0 bridgehead atoms. The van der Waals surface area contributed by atoms with E-state index >= 15 is 0 Å². The number of fused-ring (bicyclic) bond motifs is 1. The van der Waals surface area contributed by atoms with Gasteiger partial charge in [-0.3, -0.25) is 4.79 Å². The van der Waals surface area contributed by atoms with E-state index in [0.29, 0.717) is 5.56 Å². The van der Waals surface area contributed by atoms with E-state index in [1.807, 2.05) is 24.3 Å². The summed E-state index contributed by atoms with van der Waals surface area (Å²) in [4.78, 5) is 11.4. The van der Waals surface area contributed by atoms with Gasteiger partial charge >= 0.3 is 5.97 Å². The van der Waals surface area contributed by atoms with E-state index in [0.717, 1.165) is 11.1 Å². The quantitative estimate of drug-likeness (QED) is 0.823. The fraction of sp³-hybridized carbons (Fsp3) is 0.267. The molecular weight excluding hydrogens is 320 g/mol. The molecule has 1 aliphatic rings. The summed E-state index contributed by atoms with van der Waals surface area (Å²) in [6.07, 6.45) is 2.83. The first kappa shape index (κ1) is 15.7. The van der Waals surface area contributed by atoms with Crippen LogP contribution in [0.4, 0.5) is 0 Å². The molecule has 1 unspecified atom stereocenters. The molecule has 0 spiro atoms. The molecule has 1 atom stereocenters. The SMILES string of the molecule is O=C(O)C(Cc1ccoc1)NS(=O)(=O)N1Cc2ccccc2C1. The standard InChI is InChI=1S/C15H16N2O5S/c18-15(19)14(7-11-5-6-22-10-11)16-23(20,21)17-8-12-3-1-2-4-13(12)9-17/h1-6,10,14,16H,7-9H2,(H,18,19). The van der Waals surface area contributed by atoms with Gasteiger partial charge < -0.3 is 9.52 Å². The van der Waals surface area contributed by atoms with Crippen LogP contribution in [0.3, 0.4) is 0 Å². The van der Waals surface area contributed by atoms with Crippen molar-refractivity contribution in [1.82, 2.24) is 9.03 Å². The molecule has 1 aliphatic heterocycles. The summed E-state index contributed by atoms with van der Waals surface area (Å²) < 4.78 is 33.3. The largest absolute Gasteiger partial charge is 0.480 e. The van der Waals surface area contributed by atoms with Gasteiger partial charge in [0.1, 0.15) is 6.04 Å². The molecule has 3 rings (SSSR count). The van der Waals surface area contributed by atoms with Crippen molar-refractivity contribution in [2.75, 3.05) is 0 Å². The zero-order valence-electron chi connectivity index (χ0n) is 12.2. The first-order valence-corrected chi connectivity index (χ1v) is 8.48. The van der Waals surface area contributed by atoms with Crippen LogP contribution in [0.15, 0.2) is 47.3 Å². The number of aliphatic carboxylic acids is 1. The van der Waals surface area contributed by atoms with Crippen LogP contribution in [0.25, 0.3) is 0 Å². The zero-order valence-corrected chi connectivity index (χ0v) is 13.0. The first-order chi connectivity index (χ1) is 11.0. The predicted octanol–water partition coefficient (Wildman–Crippen LogP) is 1.13. The topological polar surface area (TPSA) is 99.8 Å². The van der Waals surface area contributed by atoms with Gasteiger partial charge in [0.2, 0.25) is 0 Å². The summed E-state index contributed by atoms with van der Waals surface area (Å²) in [5, 5.41) is 9.28. The Morgan fingerprint density at radius 1 is 1.26 bits per heavy atom. The highest BCUT2D eigenvalue weighted by Gasteiger charge is 2.33. The maximum atomic E-state index is 12.5. The van der Waals surface area contributed by atoms with Crippen molar-refractivity contribution in [3.8, 4) is 0 Å². The second-order valence-corrected chi connectivity index (χ2v) is 7.09. The Bertz CT molecular complexity index is 776. The van der Waals surface area contributed by atoms with Gasteiger partial charge in [0.15, 0.2) is 0 Å². The van der Waals surface area contributed by atoms with E-state index in [1.165, 1.54) is 16.8 Å². The molecule has 1 aromatic heterocycles. The highest BCUT2D eigenvalue weighted by Crippen LogP contribution is 2.24. The van der Waals surface area contributed by atoms with Crippen LogP contribution in [0, 0.1) is 0 Å². The fourth-order valence-electron chi connectivity index (χ4n) is 2.55. The van der Waals surface area contributed by atoms with E-state index in [1.54, 1.807) is 6.07 Å². The lowest BCUT2D eigenvalue weighted by atomic mass is 10.1. The maximum absolute atomic E-state index is 12.5. The van der Waals surface area contributed by atoms with E-state index < -0.39 is 22.2 Å². The van der Waals surface area contributed by atoms with Crippen molar-refractivity contribution in [3.05, 3.63) is 59.5 Å². The van der Waals surface area contributed by atoms with Gasteiger partial charge in [-0.1, -0.05) is 24.3 Å². The van der Waals surface area contributed by atoms with E-state index in [2.05, 4.69) is 4.72 Å². The first-order valence-electron chi connectivity index (χ1n) is 7.04. The van der Waals surface area contributed by atoms with Crippen molar-refractivity contribution in [1.29, 1.82) is 0 Å². The van der Waals surface area contributed by atoms with Crippen LogP contribution in [0.1, 0.15) is 16.7 Å². The number of rotatable bonds is 6. The van der Waals surface area contributed by atoms with Crippen LogP contribution in [-0.4, -0.2) is 29.8 Å². The molecule has 0 amide bonds. The number of furan rings is 1. The molecule has 0 radical (unpaired) electrons. The Kier molecular flexibility index (Phi) is 4.20. The average Bonchev–Trinajstić information content (AvgIpc) is 3.15. The number of nitrogens with zero attached hydrogens (tertiary/aromatic N) is 1. The summed E-state index contributed by atoms with van der Waals surface area (Å²) in [5.41, 5.74) is 2.48. The number of hydrogen-bond acceptors (Lipinski definition) is 4. The van der Waals surface area contributed by atoms with Gasteiger partial charge in [0.25, 0.3) is 10.2 Å². The Labute approximate surface area is 133 Å². The molecular formula is C15H16N2O5S. The number of benzene rings is 1. The molecule has 0 aliphatic carbocycles. The number of nitrogens with one attached hydrogen (secondary N) is 1. The Morgan fingerprint density at radius 2 is 1.91 bits per heavy atom. The minimum atomic E-state index is -3.90. The van der Waals surface area contributed by atoms with Gasteiger partial charge in [-0.15, -0.1) is 0 Å². The smallest absolute Gasteiger partial charge is 0.322 e. The van der Waals surface area contributed by atoms with Gasteiger partial charge in [-0.25, -0.2) is 0 Å². The Morgan fingerprint density at radius 3 is 2.43 bits per heavy atom. The van der Waals surface area contributed by atoms with Crippen LogP contribution >= 0.6 is 0 Å². The molecule has 122 valence electrons. The maximum Gasteiger partial charge on any atom is 0.322 e. The summed E-state index contributed by atoms with van der Waals surface area (Å²) >= 11 is 0. The van der Waals surface area contributed by atoms with Crippen molar-refractivity contribution >= 4 is 16.2 Å². The molecule has 2 aromatic rings. The summed E-state index contributed by atoms with van der Waals surface area (Å²) in [6, 6.07) is 7.79. The molecule has 2 heterocycles. The van der Waals surface area contributed by atoms with E-state index in [9.17, 15) is 18.3 Å². The van der Waals surface area contributed by atoms with E-state index in [4.69, 9.17) is 4.42 Å². The fourth-order valence-corrected chi connectivity index (χ4v) is 3.86. The van der Waals surface area contributed by atoms with Crippen LogP contribution in [-0.2, 0) is 34.5 Å². The molecule has 23 heavy (non-hydrogen) atoms. The highest BCUT2D eigenvalue weighted by atomic mass is 32.2. The number of hydrogen-bond donors (Lipinski definition) is 2. The van der Waals surface area contributed by atoms with Crippen molar-refractivity contribution < 1.29 is 22.7 Å². The Hall–Kier alpha value is -2.16. The minimum absolute atomic E-state index is 0.0197. The van der Waals surface area contributed by atoms with Crippen LogP contribution < -0.4 is 4.72 Å². The molecule has 1 aromatic carbocycles. The Balaban J connectivity index is 1.73. The molecule has 2 N–H and O–H groups in total. The number of carboxylic acid groups (broad SMARTS) is 1. The van der Waals surface area contributed by atoms with Crippen molar-refractivity contribution in [2.45, 2.75) is 25.6 Å². The van der Waals surface area contributed by atoms with Gasteiger partial charge in [0.05, 0.1) is 12.5 Å². The molecule has 0 fully saturated rings. The highest BCUT2D eigenvalue weighted by molar-refractivity contribution is 7.87. The lowest BCUT2D eigenvalue weighted by molar-refractivity contribution is -0.138. The van der Waals surface area contributed by atoms with Crippen molar-refractivity contribution in [2.24, 2.45) is 0 Å². The minimum Gasteiger partial charge on any atom is -0.480 e. The third-order valence-electron chi connectivity index (χ3n) is 3.76. The average molecular weight is 336 g/mol. The summed E-state index contributed by atoms with van der Waals surface area (Å²) in [6.45, 7) is 0.479. The van der Waals surface area contributed by atoms with Crippen molar-refractivity contribution in [3.63, 3.8) is 0 Å². The molecule has 7 nitrogen and oxygen atoms in total. The number of carbonyl (C=O) groups is 1. The monoisotopic (exact) mass is 336 g/mol. The number of carboxylic acids is 1. The zero-order chi connectivity index (χ0) is 16.4. The normalized spacial score (nSPS) is 16.2. The lowest BCUT2D eigenvalue weighted by Gasteiger charge is -2.20. The van der Waals surface area contributed by atoms with Gasteiger partial charge in [-0.05, 0) is 22.8 Å². The lowest BCUT2D eigenvalue weighted by Crippen LogP contribution is -2.47. The van der Waals surface area contributed by atoms with Gasteiger partial charge in [0, 0.05) is 19.5 Å². The molecule has 0 saturated heterocycles. The second-order valence-electron chi connectivity index (χ2n) is 5.39. The van der Waals surface area contributed by atoms with Crippen LogP contribution in [0.2, 0.25) is 0 Å². The third kappa shape index (κ3) is 3.44. The van der Waals surface area contributed by atoms with Crippen LogP contribution in [0.5, 0.6) is 0 Å². The molecule has 8 heteroatoms. The predicted molar refractivity (Wildman–Crippen MR) is 81.6 cm³/mol.